The van der Waals surface area contributed by atoms with E-state index in [1.165, 1.54) is 18.2 Å². The number of alkyl halides is 2. The van der Waals surface area contributed by atoms with Gasteiger partial charge in [0.05, 0.1) is 12.3 Å². The number of amides is 1. The highest BCUT2D eigenvalue weighted by molar-refractivity contribution is 6.03. The van der Waals surface area contributed by atoms with Gasteiger partial charge < -0.3 is 23.9 Å². The number of fused-ring (bicyclic) bond motifs is 1. The molecular weight excluding hydrogens is 458 g/mol. The summed E-state index contributed by atoms with van der Waals surface area (Å²) in [5.41, 5.74) is 1.56. The van der Waals surface area contributed by atoms with Crippen LogP contribution in [0.3, 0.4) is 0 Å². The number of halogens is 2. The van der Waals surface area contributed by atoms with Gasteiger partial charge in [-0.2, -0.15) is 0 Å². The van der Waals surface area contributed by atoms with E-state index in [-0.39, 0.29) is 5.69 Å². The van der Waals surface area contributed by atoms with Crippen molar-refractivity contribution < 1.29 is 27.8 Å². The number of rotatable bonds is 8. The second kappa shape index (κ2) is 10.7. The number of carbonyl (C=O) groups excluding carboxylic acids is 1. The average Bonchev–Trinajstić information content (AvgIpc) is 3.54. The van der Waals surface area contributed by atoms with E-state index in [0.717, 1.165) is 44.6 Å². The zero-order valence-electron chi connectivity index (χ0n) is 19.3. The molecule has 186 valence electrons. The summed E-state index contributed by atoms with van der Waals surface area (Å²) in [6.07, 6.45) is 4.60. The third kappa shape index (κ3) is 5.59. The summed E-state index contributed by atoms with van der Waals surface area (Å²) in [6, 6.07) is 5.79. The molecule has 35 heavy (non-hydrogen) atoms. The van der Waals surface area contributed by atoms with Crippen LogP contribution < -0.4 is 10.1 Å². The molecule has 10 heteroatoms. The van der Waals surface area contributed by atoms with Gasteiger partial charge in [0, 0.05) is 50.8 Å². The molecule has 3 aromatic heterocycles. The summed E-state index contributed by atoms with van der Waals surface area (Å²) in [4.78, 5) is 21.5. The number of aromatic nitrogens is 3. The van der Waals surface area contributed by atoms with Gasteiger partial charge in [-0.05, 0) is 43.7 Å². The normalized spacial score (nSPS) is 18.9. The lowest BCUT2D eigenvalue weighted by molar-refractivity contribution is 0.0846. The third-order valence-corrected chi connectivity index (χ3v) is 6.50. The number of imidazole rings is 1. The molecule has 8 nitrogen and oxygen atoms in total. The highest BCUT2D eigenvalue weighted by atomic mass is 19.3. The molecule has 2 aliphatic rings. The molecule has 0 aliphatic carbocycles. The van der Waals surface area contributed by atoms with Gasteiger partial charge in [0.2, 0.25) is 0 Å². The van der Waals surface area contributed by atoms with Crippen LogP contribution in [0.25, 0.3) is 5.65 Å². The first-order valence-electron chi connectivity index (χ1n) is 11.9. The quantitative estimate of drug-likeness (QED) is 0.500. The fourth-order valence-corrected chi connectivity index (χ4v) is 4.47. The summed E-state index contributed by atoms with van der Waals surface area (Å²) >= 11 is 0. The van der Waals surface area contributed by atoms with Crippen molar-refractivity contribution in [2.24, 2.45) is 5.92 Å². The second-order valence-corrected chi connectivity index (χ2v) is 8.94. The molecule has 0 saturated carbocycles. The van der Waals surface area contributed by atoms with Crippen LogP contribution in [0.15, 0.2) is 36.7 Å². The number of pyridine rings is 2. The number of nitrogens with zero attached hydrogens (tertiary/aromatic N) is 3. The molecule has 0 bridgehead atoms. The summed E-state index contributed by atoms with van der Waals surface area (Å²) < 4.78 is 44.9. The minimum atomic E-state index is -2.76. The number of carbonyl (C=O) groups is 1. The van der Waals surface area contributed by atoms with Gasteiger partial charge in [-0.3, -0.25) is 4.79 Å². The Morgan fingerprint density at radius 2 is 1.97 bits per heavy atom. The topological polar surface area (TPSA) is 87.0 Å². The molecule has 1 unspecified atom stereocenters. The van der Waals surface area contributed by atoms with E-state index in [1.807, 2.05) is 10.6 Å². The summed E-state index contributed by atoms with van der Waals surface area (Å²) in [5.74, 6) is 0.642. The molecule has 2 saturated heterocycles. The Morgan fingerprint density at radius 1 is 1.14 bits per heavy atom. The zero-order valence-corrected chi connectivity index (χ0v) is 19.3. The van der Waals surface area contributed by atoms with Crippen molar-refractivity contribution in [2.45, 2.75) is 38.0 Å². The molecule has 0 spiro atoms. The van der Waals surface area contributed by atoms with E-state index in [1.54, 1.807) is 12.3 Å². The predicted octanol–water partition coefficient (Wildman–Crippen LogP) is 4.62. The SMILES string of the molecule is O=C(Nc1cn2cc(C3CCOCC3)nc2cc1OCCC1CCOC1)c1cccc(C(F)F)n1. The van der Waals surface area contributed by atoms with Crippen LogP contribution in [0, 0.1) is 5.92 Å². The lowest BCUT2D eigenvalue weighted by Crippen LogP contribution is -2.16. The summed E-state index contributed by atoms with van der Waals surface area (Å²) in [7, 11) is 0. The van der Waals surface area contributed by atoms with Gasteiger partial charge in [0.15, 0.2) is 0 Å². The minimum absolute atomic E-state index is 0.0922. The van der Waals surface area contributed by atoms with Crippen molar-refractivity contribution in [1.82, 2.24) is 14.4 Å². The van der Waals surface area contributed by atoms with Gasteiger partial charge in [-0.1, -0.05) is 6.07 Å². The van der Waals surface area contributed by atoms with Crippen LogP contribution in [0.5, 0.6) is 5.75 Å². The van der Waals surface area contributed by atoms with Crippen molar-refractivity contribution in [3.63, 3.8) is 0 Å². The van der Waals surface area contributed by atoms with Gasteiger partial charge in [0.1, 0.15) is 28.5 Å². The number of nitrogens with one attached hydrogen (secondary N) is 1. The van der Waals surface area contributed by atoms with Crippen LogP contribution in [-0.2, 0) is 9.47 Å². The minimum Gasteiger partial charge on any atom is -0.491 e. The van der Waals surface area contributed by atoms with Crippen LogP contribution in [0.4, 0.5) is 14.5 Å². The maximum atomic E-state index is 13.1. The molecule has 2 fully saturated rings. The van der Waals surface area contributed by atoms with E-state index in [2.05, 4.69) is 10.3 Å². The first-order chi connectivity index (χ1) is 17.1. The Morgan fingerprint density at radius 3 is 2.74 bits per heavy atom. The summed E-state index contributed by atoms with van der Waals surface area (Å²) in [5, 5.41) is 2.79. The highest BCUT2D eigenvalue weighted by Crippen LogP contribution is 2.31. The highest BCUT2D eigenvalue weighted by Gasteiger charge is 2.21. The monoisotopic (exact) mass is 486 g/mol. The van der Waals surface area contributed by atoms with Crippen LogP contribution >= 0.6 is 0 Å². The van der Waals surface area contributed by atoms with Crippen LogP contribution in [0.1, 0.15) is 59.9 Å². The van der Waals surface area contributed by atoms with E-state index in [4.69, 9.17) is 19.2 Å². The molecule has 1 amide bonds. The van der Waals surface area contributed by atoms with Crippen molar-refractivity contribution in [3.05, 3.63) is 53.7 Å². The molecule has 0 aromatic carbocycles. The maximum absolute atomic E-state index is 13.1. The smallest absolute Gasteiger partial charge is 0.280 e. The Bertz CT molecular complexity index is 1170. The molecule has 1 atom stereocenters. The van der Waals surface area contributed by atoms with E-state index in [0.29, 0.717) is 48.7 Å². The standard InChI is InChI=1S/C25H28F2N4O4/c26-24(27)18-2-1-3-19(28-18)25(32)30-21-14-31-13-20(17-6-9-33-10-7-17)29-23(31)12-22(21)35-11-5-16-4-8-34-15-16/h1-3,12-14,16-17,24H,4-11,15H2,(H,30,32). The molecule has 3 aromatic rings. The first kappa shape index (κ1) is 23.6. The van der Waals surface area contributed by atoms with E-state index in [9.17, 15) is 13.6 Å². The molecule has 0 radical (unpaired) electrons. The van der Waals surface area contributed by atoms with Crippen molar-refractivity contribution in [1.29, 1.82) is 0 Å². The summed E-state index contributed by atoms with van der Waals surface area (Å²) in [6.45, 7) is 3.38. The van der Waals surface area contributed by atoms with Gasteiger partial charge in [0.25, 0.3) is 12.3 Å². The van der Waals surface area contributed by atoms with Crippen molar-refractivity contribution >= 4 is 17.2 Å². The lowest BCUT2D eigenvalue weighted by Gasteiger charge is -2.19. The molecule has 5 rings (SSSR count). The van der Waals surface area contributed by atoms with Gasteiger partial charge in [-0.15, -0.1) is 0 Å². The van der Waals surface area contributed by atoms with Crippen LogP contribution in [0.2, 0.25) is 0 Å². The number of hydrogen-bond acceptors (Lipinski definition) is 6. The predicted molar refractivity (Wildman–Crippen MR) is 124 cm³/mol. The molecule has 1 N–H and O–H groups in total. The number of anilines is 1. The number of ether oxygens (including phenoxy) is 3. The Kier molecular flexibility index (Phi) is 7.19. The fourth-order valence-electron chi connectivity index (χ4n) is 4.47. The van der Waals surface area contributed by atoms with Gasteiger partial charge in [-0.25, -0.2) is 18.7 Å². The fraction of sp³-hybridized carbons (Fsp3) is 0.480. The zero-order chi connectivity index (χ0) is 24.2. The average molecular weight is 487 g/mol. The largest absolute Gasteiger partial charge is 0.491 e. The molecule has 2 aliphatic heterocycles. The first-order valence-corrected chi connectivity index (χ1v) is 11.9. The lowest BCUT2D eigenvalue weighted by atomic mass is 9.97. The van der Waals surface area contributed by atoms with E-state index >= 15 is 0 Å². The van der Waals surface area contributed by atoms with E-state index < -0.39 is 18.0 Å². The number of hydrogen-bond donors (Lipinski definition) is 1. The molecule has 5 heterocycles. The third-order valence-electron chi connectivity index (χ3n) is 6.50. The Hall–Kier alpha value is -3.11. The van der Waals surface area contributed by atoms with Crippen LogP contribution in [-0.4, -0.2) is 53.3 Å². The Labute approximate surface area is 201 Å². The van der Waals surface area contributed by atoms with Crippen molar-refractivity contribution in [2.75, 3.05) is 38.4 Å². The Balaban J connectivity index is 1.40. The van der Waals surface area contributed by atoms with Crippen molar-refractivity contribution in [3.8, 4) is 5.75 Å². The molecular formula is C25H28F2N4O4. The maximum Gasteiger partial charge on any atom is 0.280 e. The van der Waals surface area contributed by atoms with Gasteiger partial charge >= 0.3 is 0 Å². The second-order valence-electron chi connectivity index (χ2n) is 8.94.